The molecule has 0 atom stereocenters. The number of hydrogen-bond acceptors (Lipinski definition) is 5. The van der Waals surface area contributed by atoms with Crippen LogP contribution in [0.25, 0.3) is 21.9 Å². The Kier molecular flexibility index (Phi) is 4.43. The zero-order valence-corrected chi connectivity index (χ0v) is 16.4. The van der Waals surface area contributed by atoms with Crippen molar-refractivity contribution in [2.45, 2.75) is 39.5 Å². The van der Waals surface area contributed by atoms with Crippen LogP contribution in [0.4, 0.5) is 11.5 Å². The Morgan fingerprint density at radius 3 is 2.43 bits per heavy atom. The highest BCUT2D eigenvalue weighted by Crippen LogP contribution is 2.29. The molecule has 4 aromatic rings. The average molecular weight is 375 g/mol. The van der Waals surface area contributed by atoms with E-state index in [1.807, 2.05) is 28.8 Å². The van der Waals surface area contributed by atoms with Crippen LogP contribution in [0.15, 0.2) is 48.5 Å². The van der Waals surface area contributed by atoms with Crippen LogP contribution in [0.3, 0.4) is 0 Å². The normalized spacial score (nSPS) is 12.0. The maximum Gasteiger partial charge on any atom is 0.152 e. The van der Waals surface area contributed by atoms with E-state index in [0.29, 0.717) is 23.7 Å². The van der Waals surface area contributed by atoms with Gasteiger partial charge in [0.15, 0.2) is 5.82 Å². The first-order chi connectivity index (χ1) is 13.4. The lowest BCUT2D eigenvalue weighted by Gasteiger charge is -2.22. The number of anilines is 2. The highest BCUT2D eigenvalue weighted by atomic mass is 16.3. The molecule has 0 saturated heterocycles. The molecule has 144 valence electrons. The number of nitrogens with two attached hydrogens (primary N) is 1. The lowest BCUT2D eigenvalue weighted by Crippen LogP contribution is -2.25. The van der Waals surface area contributed by atoms with Gasteiger partial charge in [-0.3, -0.25) is 0 Å². The molecule has 28 heavy (non-hydrogen) atoms. The van der Waals surface area contributed by atoms with E-state index in [1.54, 1.807) is 0 Å². The van der Waals surface area contributed by atoms with E-state index in [0.717, 1.165) is 27.7 Å². The summed E-state index contributed by atoms with van der Waals surface area (Å²) in [6.07, 6.45) is 0. The maximum absolute atomic E-state index is 9.88. The second kappa shape index (κ2) is 6.80. The van der Waals surface area contributed by atoms with Crippen molar-refractivity contribution in [2.24, 2.45) is 0 Å². The van der Waals surface area contributed by atoms with E-state index in [1.165, 1.54) is 0 Å². The van der Waals surface area contributed by atoms with Crippen LogP contribution >= 0.6 is 0 Å². The van der Waals surface area contributed by atoms with Gasteiger partial charge in [0, 0.05) is 23.2 Å². The Morgan fingerprint density at radius 1 is 1.04 bits per heavy atom. The molecule has 0 spiro atoms. The van der Waals surface area contributed by atoms with Crippen LogP contribution in [0.2, 0.25) is 0 Å². The number of hydrogen-bond donors (Lipinski definition) is 3. The number of aromatic nitrogens is 3. The van der Waals surface area contributed by atoms with Crippen LogP contribution in [0.5, 0.6) is 0 Å². The lowest BCUT2D eigenvalue weighted by atomic mass is 10.1. The second-order valence-electron chi connectivity index (χ2n) is 8.06. The summed E-state index contributed by atoms with van der Waals surface area (Å²) in [7, 11) is 0. The first-order valence-electron chi connectivity index (χ1n) is 9.37. The quantitative estimate of drug-likeness (QED) is 0.503. The average Bonchev–Trinajstić information content (AvgIpc) is 3.02. The van der Waals surface area contributed by atoms with E-state index < -0.39 is 0 Å². The van der Waals surface area contributed by atoms with Crippen molar-refractivity contribution < 1.29 is 5.11 Å². The molecule has 2 aromatic heterocycles. The molecule has 4 rings (SSSR count). The summed E-state index contributed by atoms with van der Waals surface area (Å²) >= 11 is 0. The molecular formula is C22H25N5O. The number of imidazole rings is 1. The molecule has 0 amide bonds. The van der Waals surface area contributed by atoms with Gasteiger partial charge in [0.25, 0.3) is 0 Å². The Balaban J connectivity index is 1.80. The summed E-state index contributed by atoms with van der Waals surface area (Å²) < 4.78 is 2.03. The van der Waals surface area contributed by atoms with Gasteiger partial charge in [0.05, 0.1) is 11.0 Å². The molecule has 6 nitrogen and oxygen atoms in total. The molecular weight excluding hydrogens is 350 g/mol. The van der Waals surface area contributed by atoms with Crippen LogP contribution in [-0.2, 0) is 13.2 Å². The van der Waals surface area contributed by atoms with E-state index in [9.17, 15) is 5.11 Å². The molecule has 0 unspecified atom stereocenters. The Bertz CT molecular complexity index is 1140. The highest BCUT2D eigenvalue weighted by molar-refractivity contribution is 6.06. The maximum atomic E-state index is 9.88. The summed E-state index contributed by atoms with van der Waals surface area (Å²) in [6.45, 7) is 6.84. The van der Waals surface area contributed by atoms with E-state index >= 15 is 0 Å². The molecule has 0 aliphatic heterocycles. The van der Waals surface area contributed by atoms with Crippen LogP contribution in [-0.4, -0.2) is 25.2 Å². The minimum atomic E-state index is -0.161. The number of rotatable bonds is 4. The summed E-state index contributed by atoms with van der Waals surface area (Å²) in [6, 6.07) is 16.2. The molecule has 0 bridgehead atoms. The Labute approximate surface area is 164 Å². The van der Waals surface area contributed by atoms with Gasteiger partial charge >= 0.3 is 0 Å². The van der Waals surface area contributed by atoms with Gasteiger partial charge in [-0.15, -0.1) is 0 Å². The van der Waals surface area contributed by atoms with Crippen LogP contribution < -0.4 is 11.1 Å². The van der Waals surface area contributed by atoms with Gasteiger partial charge < -0.3 is 20.7 Å². The van der Waals surface area contributed by atoms with Gasteiger partial charge in [-0.1, -0.05) is 30.3 Å². The van der Waals surface area contributed by atoms with Crippen molar-refractivity contribution in [3.05, 3.63) is 59.9 Å². The molecule has 0 aliphatic carbocycles. The van der Waals surface area contributed by atoms with E-state index in [2.05, 4.69) is 60.3 Å². The summed E-state index contributed by atoms with van der Waals surface area (Å²) in [5.41, 5.74) is 10.7. The smallest absolute Gasteiger partial charge is 0.152 e. The largest absolute Gasteiger partial charge is 0.388 e. The van der Waals surface area contributed by atoms with Crippen LogP contribution in [0, 0.1) is 0 Å². The topological polar surface area (TPSA) is 89.0 Å². The number of para-hydroxylation sites is 1. The highest BCUT2D eigenvalue weighted by Gasteiger charge is 2.17. The lowest BCUT2D eigenvalue weighted by molar-refractivity contribution is 0.267. The SMILES string of the molecule is CC(C)(C)Nc1ccc(Cn2c(CO)nc3c(N)nc4ccccc4c32)cc1. The third-order valence-corrected chi connectivity index (χ3v) is 4.64. The fraction of sp³-hybridized carbons (Fsp3) is 0.273. The first kappa shape index (κ1) is 18.3. The van der Waals surface area contributed by atoms with Crippen molar-refractivity contribution in [3.8, 4) is 0 Å². The van der Waals surface area contributed by atoms with E-state index in [-0.39, 0.29) is 12.1 Å². The van der Waals surface area contributed by atoms with Gasteiger partial charge in [-0.25, -0.2) is 9.97 Å². The minimum absolute atomic E-state index is 0.00949. The monoisotopic (exact) mass is 375 g/mol. The van der Waals surface area contributed by atoms with Crippen molar-refractivity contribution in [1.29, 1.82) is 0 Å². The fourth-order valence-corrected chi connectivity index (χ4v) is 3.50. The van der Waals surface area contributed by atoms with Gasteiger partial charge in [-0.05, 0) is 44.5 Å². The number of nitrogens with one attached hydrogen (secondary N) is 1. The van der Waals surface area contributed by atoms with Crippen molar-refractivity contribution >= 4 is 33.4 Å². The molecule has 4 N–H and O–H groups in total. The Hall–Kier alpha value is -3.12. The predicted molar refractivity (Wildman–Crippen MR) is 114 cm³/mol. The second-order valence-corrected chi connectivity index (χ2v) is 8.06. The van der Waals surface area contributed by atoms with Gasteiger partial charge in [0.1, 0.15) is 17.9 Å². The molecule has 2 heterocycles. The van der Waals surface area contributed by atoms with Gasteiger partial charge in [-0.2, -0.15) is 0 Å². The third kappa shape index (κ3) is 3.39. The zero-order valence-electron chi connectivity index (χ0n) is 16.4. The predicted octanol–water partition coefficient (Wildman–Crippen LogP) is 3.92. The number of pyridine rings is 1. The molecule has 0 saturated carbocycles. The van der Waals surface area contributed by atoms with Crippen molar-refractivity contribution in [1.82, 2.24) is 14.5 Å². The number of benzene rings is 2. The Morgan fingerprint density at radius 2 is 1.75 bits per heavy atom. The van der Waals surface area contributed by atoms with E-state index in [4.69, 9.17) is 5.73 Å². The number of nitrogens with zero attached hydrogens (tertiary/aromatic N) is 3. The molecule has 0 aliphatic rings. The van der Waals surface area contributed by atoms with Crippen molar-refractivity contribution in [2.75, 3.05) is 11.1 Å². The standard InChI is InChI=1S/C22H25N5O/c1-22(2,3)26-15-10-8-14(9-11-15)12-27-18(13-28)25-19-20(27)16-6-4-5-7-17(16)24-21(19)23/h4-11,26,28H,12-13H2,1-3H3,(H2,23,24). The summed E-state index contributed by atoms with van der Waals surface area (Å²) in [5, 5.41) is 14.3. The number of nitrogen functional groups attached to an aromatic ring is 1. The molecule has 2 aromatic carbocycles. The fourth-order valence-electron chi connectivity index (χ4n) is 3.50. The van der Waals surface area contributed by atoms with Crippen LogP contribution in [0.1, 0.15) is 32.2 Å². The zero-order chi connectivity index (χ0) is 19.9. The first-order valence-corrected chi connectivity index (χ1v) is 9.37. The third-order valence-electron chi connectivity index (χ3n) is 4.64. The summed E-state index contributed by atoms with van der Waals surface area (Å²) in [5.74, 6) is 0.962. The minimum Gasteiger partial charge on any atom is -0.388 e. The summed E-state index contributed by atoms with van der Waals surface area (Å²) in [4.78, 5) is 9.01. The number of aliphatic hydroxyl groups is 1. The van der Waals surface area contributed by atoms with Crippen molar-refractivity contribution in [3.63, 3.8) is 0 Å². The van der Waals surface area contributed by atoms with Gasteiger partial charge in [0.2, 0.25) is 0 Å². The molecule has 6 heteroatoms. The molecule has 0 radical (unpaired) electrons. The molecule has 0 fully saturated rings. The number of aliphatic hydroxyl groups excluding tert-OH is 1. The number of fused-ring (bicyclic) bond motifs is 3.